The number of ether oxygens (including phenoxy) is 5. The molecule has 180 valence electrons. The second-order valence-corrected chi connectivity index (χ2v) is 9.67. The van der Waals surface area contributed by atoms with Gasteiger partial charge in [0.2, 0.25) is 0 Å². The van der Waals surface area contributed by atoms with Gasteiger partial charge in [0.25, 0.3) is 0 Å². The lowest BCUT2D eigenvalue weighted by molar-refractivity contribution is -0.176. The van der Waals surface area contributed by atoms with Gasteiger partial charge in [-0.05, 0) is 50.8 Å². The van der Waals surface area contributed by atoms with Crippen molar-refractivity contribution in [3.63, 3.8) is 0 Å². The minimum absolute atomic E-state index is 0.308. The van der Waals surface area contributed by atoms with Gasteiger partial charge in [0.1, 0.15) is 30.2 Å². The van der Waals surface area contributed by atoms with Crippen LogP contribution in [0, 0.1) is 0 Å². The summed E-state index contributed by atoms with van der Waals surface area (Å²) in [5, 5.41) is 1.29. The Morgan fingerprint density at radius 2 is 1.68 bits per heavy atom. The highest BCUT2D eigenvalue weighted by Gasteiger charge is 2.53. The van der Waals surface area contributed by atoms with Gasteiger partial charge in [0, 0.05) is 0 Å². The summed E-state index contributed by atoms with van der Waals surface area (Å²) in [6.45, 7) is 8.12. The predicted octanol–water partition coefficient (Wildman–Crippen LogP) is 4.72. The minimum atomic E-state index is -0.878. The molecule has 5 rings (SSSR count). The Balaban J connectivity index is 1.53. The molecule has 3 aromatic rings. The van der Waals surface area contributed by atoms with Crippen LogP contribution in [0.2, 0.25) is 0 Å². The largest absolute Gasteiger partial charge is 0.424 e. The van der Waals surface area contributed by atoms with E-state index in [-0.39, 0.29) is 6.10 Å². The molecule has 0 radical (unpaired) electrons. The van der Waals surface area contributed by atoms with E-state index >= 15 is 0 Å². The van der Waals surface area contributed by atoms with E-state index in [1.165, 1.54) is 0 Å². The van der Waals surface area contributed by atoms with Gasteiger partial charge in [0.05, 0.1) is 18.6 Å². The summed E-state index contributed by atoms with van der Waals surface area (Å²) in [5.41, 5.74) is 0.574. The van der Waals surface area contributed by atoms with Crippen LogP contribution in [0.25, 0.3) is 10.8 Å². The molecule has 7 heteroatoms. The average Bonchev–Trinajstić information content (AvgIpc) is 3.32. The van der Waals surface area contributed by atoms with Crippen molar-refractivity contribution >= 4 is 10.8 Å². The molecule has 0 N–H and O–H groups in total. The molecule has 4 atom stereocenters. The lowest BCUT2D eigenvalue weighted by atomic mass is 10.00. The molecule has 0 spiro atoms. The van der Waals surface area contributed by atoms with Crippen molar-refractivity contribution in [2.24, 2.45) is 0 Å². The van der Waals surface area contributed by atoms with Crippen molar-refractivity contribution in [1.82, 2.24) is 0 Å². The first-order chi connectivity index (χ1) is 16.2. The molecule has 0 aliphatic carbocycles. The number of benzene rings is 2. The van der Waals surface area contributed by atoms with E-state index in [0.29, 0.717) is 24.4 Å². The summed E-state index contributed by atoms with van der Waals surface area (Å²) >= 11 is 0. The van der Waals surface area contributed by atoms with E-state index in [1.807, 2.05) is 82.3 Å². The van der Waals surface area contributed by atoms with Gasteiger partial charge in [0.15, 0.2) is 11.6 Å². The summed E-state index contributed by atoms with van der Waals surface area (Å²) in [6, 6.07) is 19.0. The van der Waals surface area contributed by atoms with Crippen LogP contribution in [0.5, 0.6) is 0 Å². The number of hydrogen-bond acceptors (Lipinski definition) is 7. The highest BCUT2D eigenvalue weighted by molar-refractivity contribution is 5.81. The van der Waals surface area contributed by atoms with E-state index in [4.69, 9.17) is 28.1 Å². The molecular weight excluding hydrogens is 436 g/mol. The van der Waals surface area contributed by atoms with Crippen molar-refractivity contribution in [2.75, 3.05) is 6.61 Å². The molecule has 2 aromatic carbocycles. The maximum Gasteiger partial charge on any atom is 0.343 e. The van der Waals surface area contributed by atoms with Crippen molar-refractivity contribution in [3.8, 4) is 0 Å². The van der Waals surface area contributed by atoms with Crippen LogP contribution in [0.4, 0.5) is 0 Å². The van der Waals surface area contributed by atoms with E-state index in [2.05, 4.69) is 0 Å². The fourth-order valence-corrected chi connectivity index (χ4v) is 4.61. The Labute approximate surface area is 198 Å². The fraction of sp³-hybridized carbons (Fsp3) is 0.444. The Kier molecular flexibility index (Phi) is 6.08. The molecule has 7 nitrogen and oxygen atoms in total. The van der Waals surface area contributed by atoms with Gasteiger partial charge in [-0.2, -0.15) is 0 Å². The summed E-state index contributed by atoms with van der Waals surface area (Å²) in [7, 11) is 0. The third-order valence-corrected chi connectivity index (χ3v) is 6.10. The Hall–Kier alpha value is -2.55. The van der Waals surface area contributed by atoms with Crippen molar-refractivity contribution in [1.29, 1.82) is 0 Å². The first-order valence-corrected chi connectivity index (χ1v) is 11.6. The Morgan fingerprint density at radius 1 is 0.941 bits per heavy atom. The number of rotatable bonds is 6. The molecule has 2 saturated heterocycles. The van der Waals surface area contributed by atoms with Crippen LogP contribution in [-0.2, 0) is 30.3 Å². The van der Waals surface area contributed by atoms with Gasteiger partial charge in [-0.1, -0.05) is 48.5 Å². The molecular formula is C27H30O7. The second-order valence-electron chi connectivity index (χ2n) is 9.67. The highest BCUT2D eigenvalue weighted by Crippen LogP contribution is 2.42. The van der Waals surface area contributed by atoms with Crippen molar-refractivity contribution in [3.05, 3.63) is 82.4 Å². The van der Waals surface area contributed by atoms with Gasteiger partial charge in [-0.25, -0.2) is 4.79 Å². The smallest absolute Gasteiger partial charge is 0.343 e. The van der Waals surface area contributed by atoms with E-state index in [1.54, 1.807) is 6.07 Å². The van der Waals surface area contributed by atoms with Crippen LogP contribution in [0.3, 0.4) is 0 Å². The molecule has 2 fully saturated rings. The van der Waals surface area contributed by atoms with Crippen molar-refractivity contribution < 1.29 is 28.1 Å². The lowest BCUT2D eigenvalue weighted by Crippen LogP contribution is -2.41. The first-order valence-electron chi connectivity index (χ1n) is 11.6. The molecule has 1 aromatic heterocycles. The molecule has 0 amide bonds. The van der Waals surface area contributed by atoms with Gasteiger partial charge in [-0.3, -0.25) is 0 Å². The molecule has 3 heterocycles. The van der Waals surface area contributed by atoms with Crippen LogP contribution in [0.15, 0.2) is 69.9 Å². The highest BCUT2D eigenvalue weighted by atomic mass is 16.8. The molecule has 2 aliphatic rings. The number of fused-ring (bicyclic) bond motifs is 1. The third kappa shape index (κ3) is 4.80. The summed E-state index contributed by atoms with van der Waals surface area (Å²) in [6.07, 6.45) is -2.16. The second kappa shape index (κ2) is 8.91. The van der Waals surface area contributed by atoms with Crippen LogP contribution in [0.1, 0.15) is 45.1 Å². The molecule has 0 unspecified atom stereocenters. The van der Waals surface area contributed by atoms with Crippen LogP contribution >= 0.6 is 0 Å². The first kappa shape index (κ1) is 23.2. The standard InChI is InChI=1S/C27H30O7/c1-26(2)30-16-21(32-26)23-24(34-27(3,4)33-23)22(29-15-17-10-6-5-7-11-17)20-14-18-12-8-9-13-19(18)25(28)31-20/h5-14,21-24H,15-16H2,1-4H3/t21-,22+,23-,24-/m1/s1. The Bertz CT molecular complexity index is 1200. The minimum Gasteiger partial charge on any atom is -0.424 e. The monoisotopic (exact) mass is 466 g/mol. The summed E-state index contributed by atoms with van der Waals surface area (Å²) < 4.78 is 36.8. The fourth-order valence-electron chi connectivity index (χ4n) is 4.61. The molecule has 0 saturated carbocycles. The molecule has 0 bridgehead atoms. The van der Waals surface area contributed by atoms with Crippen LogP contribution < -0.4 is 5.63 Å². The zero-order chi connectivity index (χ0) is 23.9. The van der Waals surface area contributed by atoms with E-state index in [9.17, 15) is 4.79 Å². The average molecular weight is 467 g/mol. The van der Waals surface area contributed by atoms with E-state index < -0.39 is 35.5 Å². The zero-order valence-electron chi connectivity index (χ0n) is 19.9. The third-order valence-electron chi connectivity index (χ3n) is 6.10. The molecule has 2 aliphatic heterocycles. The lowest BCUT2D eigenvalue weighted by Gasteiger charge is -2.28. The van der Waals surface area contributed by atoms with Crippen LogP contribution in [-0.4, -0.2) is 36.5 Å². The SMILES string of the molecule is CC1(C)O[C@H]([C@H]2COC(C)(C)O2)[C@@H]([C@@H](OCc2ccccc2)c2cc3ccccc3c(=O)o2)O1. The maximum absolute atomic E-state index is 12.8. The molecule has 34 heavy (non-hydrogen) atoms. The predicted molar refractivity (Wildman–Crippen MR) is 125 cm³/mol. The quantitative estimate of drug-likeness (QED) is 0.520. The van der Waals surface area contributed by atoms with E-state index in [0.717, 1.165) is 10.9 Å². The number of hydrogen-bond donors (Lipinski definition) is 0. The zero-order valence-corrected chi connectivity index (χ0v) is 19.9. The van der Waals surface area contributed by atoms with Gasteiger partial charge >= 0.3 is 5.63 Å². The normalized spacial score (nSPS) is 26.6. The Morgan fingerprint density at radius 3 is 2.41 bits per heavy atom. The van der Waals surface area contributed by atoms with Crippen molar-refractivity contribution in [2.45, 2.75) is 70.3 Å². The maximum atomic E-state index is 12.8. The van der Waals surface area contributed by atoms with Gasteiger partial charge < -0.3 is 28.1 Å². The van der Waals surface area contributed by atoms with Gasteiger partial charge in [-0.15, -0.1) is 0 Å². The summed E-state index contributed by atoms with van der Waals surface area (Å²) in [4.78, 5) is 12.8. The topological polar surface area (TPSA) is 76.4 Å². The summed E-state index contributed by atoms with van der Waals surface area (Å²) in [5.74, 6) is -1.22.